The molecule has 12 aliphatic rings. The molecule has 0 atom stereocenters. The molecule has 0 amide bonds. The average Bonchev–Trinajstić information content (AvgIpc) is 3.59. The highest BCUT2D eigenvalue weighted by atomic mass is 14.7. The second kappa shape index (κ2) is 31.0. The molecule has 442 valence electrons. The van der Waals surface area contributed by atoms with Crippen molar-refractivity contribution in [3.63, 3.8) is 0 Å². The highest BCUT2D eigenvalue weighted by Crippen LogP contribution is 2.77. The van der Waals surface area contributed by atoms with Crippen molar-refractivity contribution in [2.24, 2.45) is 102 Å². The largest absolute Gasteiger partial charge is 0.0776 e. The Labute approximate surface area is 465 Å². The van der Waals surface area contributed by atoms with E-state index in [9.17, 15) is 0 Å². The number of rotatable bonds is 16. The molecule has 12 rings (SSSR count). The molecule has 0 spiro atoms. The van der Waals surface area contributed by atoms with Gasteiger partial charge in [-0.25, -0.2) is 0 Å². The standard InChI is InChI=1S/C18H32.C16H30.C15H28.C13H24.10CH4/c1-13(2)6-17-8-15-5-16(9-17)11-18(10-15,12-17)7-14(3)4;1-13(2)11-15-5-8-16(9-6-15,10-7-15)12-14(3)4;1-12(2)9-14-5-7-15(11-14,8-6-14)10-13(3)4;1-10(2)5-12-7-13(8-12,9-12)6-11(3)4;;;;;;;;;;/h13-16H,5-12H2,1-4H3;13-14H,5-12H2,1-4H3;12-13H,5-11H2,1-4H3;10-11H,5-9H2,1-4H3;10*1H4. The summed E-state index contributed by atoms with van der Waals surface area (Å²) in [4.78, 5) is 0. The van der Waals surface area contributed by atoms with Crippen LogP contribution < -0.4 is 0 Å². The van der Waals surface area contributed by atoms with E-state index < -0.39 is 0 Å². The van der Waals surface area contributed by atoms with Crippen LogP contribution in [-0.2, 0) is 0 Å². The molecular formula is C72H154. The molecule has 0 aromatic rings. The van der Waals surface area contributed by atoms with E-state index in [1.165, 1.54) is 116 Å². The van der Waals surface area contributed by atoms with Crippen LogP contribution in [0, 0.1) is 102 Å². The molecule has 0 aromatic carbocycles. The summed E-state index contributed by atoms with van der Waals surface area (Å²) in [5.41, 5.74) is 6.32. The molecule has 12 saturated carbocycles. The molecule has 12 aliphatic carbocycles. The van der Waals surface area contributed by atoms with Crippen LogP contribution in [0.2, 0.25) is 0 Å². The van der Waals surface area contributed by atoms with Gasteiger partial charge < -0.3 is 0 Å². The van der Waals surface area contributed by atoms with Crippen molar-refractivity contribution in [2.75, 3.05) is 0 Å². The van der Waals surface area contributed by atoms with E-state index in [0.717, 1.165) is 102 Å². The summed E-state index contributed by atoms with van der Waals surface area (Å²) in [7, 11) is 0. The average molecular weight is 1020 g/mol. The monoisotopic (exact) mass is 1020 g/mol. The van der Waals surface area contributed by atoms with Crippen LogP contribution in [0.15, 0.2) is 0 Å². The normalized spacial score (nSPS) is 36.0. The molecule has 0 nitrogen and oxygen atoms in total. The highest BCUT2D eigenvalue weighted by Gasteiger charge is 2.66. The lowest BCUT2D eigenvalue weighted by molar-refractivity contribution is -0.220. The van der Waals surface area contributed by atoms with Crippen LogP contribution in [0.5, 0.6) is 0 Å². The van der Waals surface area contributed by atoms with E-state index >= 15 is 0 Å². The van der Waals surface area contributed by atoms with Gasteiger partial charge in [-0.2, -0.15) is 0 Å². The molecule has 72 heavy (non-hydrogen) atoms. The lowest BCUT2D eigenvalue weighted by Gasteiger charge is -2.72. The third kappa shape index (κ3) is 20.0. The van der Waals surface area contributed by atoms with Gasteiger partial charge in [0.2, 0.25) is 0 Å². The van der Waals surface area contributed by atoms with Crippen LogP contribution in [0.1, 0.15) is 365 Å². The zero-order valence-corrected chi connectivity index (χ0v) is 45.6. The predicted octanol–water partition coefficient (Wildman–Crippen LogP) is 26.7. The molecule has 0 radical (unpaired) electrons. The molecule has 0 saturated heterocycles. The van der Waals surface area contributed by atoms with Crippen LogP contribution in [0.25, 0.3) is 0 Å². The Balaban J connectivity index is -0.000000266. The van der Waals surface area contributed by atoms with E-state index in [0.29, 0.717) is 0 Å². The van der Waals surface area contributed by atoms with Gasteiger partial charge in [-0.15, -0.1) is 0 Å². The summed E-state index contributed by atoms with van der Waals surface area (Å²) >= 11 is 0. The third-order valence-electron chi connectivity index (χ3n) is 20.0. The molecule has 0 heteroatoms. The number of hydrogen-bond acceptors (Lipinski definition) is 0. The van der Waals surface area contributed by atoms with Gasteiger partial charge in [0.15, 0.2) is 0 Å². The van der Waals surface area contributed by atoms with E-state index in [1.807, 2.05) is 0 Å². The van der Waals surface area contributed by atoms with Crippen molar-refractivity contribution in [1.82, 2.24) is 0 Å². The fourth-order valence-corrected chi connectivity index (χ4v) is 20.7. The van der Waals surface area contributed by atoms with Crippen LogP contribution in [0.3, 0.4) is 0 Å². The van der Waals surface area contributed by atoms with E-state index in [4.69, 9.17) is 0 Å². The Morgan fingerprint density at radius 1 is 0.222 bits per heavy atom. The molecular weight excluding hydrogens is 865 g/mol. The fraction of sp³-hybridized carbons (Fsp3) is 1.00. The maximum atomic E-state index is 2.44. The third-order valence-corrected chi connectivity index (χ3v) is 20.0. The first kappa shape index (κ1) is 80.9. The Hall–Kier alpha value is 0. The quantitative estimate of drug-likeness (QED) is 0.145. The maximum Gasteiger partial charge on any atom is -0.0279 e. The van der Waals surface area contributed by atoms with Crippen LogP contribution in [0.4, 0.5) is 0 Å². The summed E-state index contributed by atoms with van der Waals surface area (Å²) in [6.45, 7) is 38.4. The topological polar surface area (TPSA) is 0 Å². The minimum Gasteiger partial charge on any atom is -0.0776 e. The maximum absolute atomic E-state index is 2.44. The minimum absolute atomic E-state index is 0. The van der Waals surface area contributed by atoms with Gasteiger partial charge in [0.1, 0.15) is 0 Å². The first-order chi connectivity index (χ1) is 28.8. The molecule has 0 unspecified atom stereocenters. The van der Waals surface area contributed by atoms with Crippen molar-refractivity contribution in [3.05, 3.63) is 0 Å². The van der Waals surface area contributed by atoms with Crippen LogP contribution >= 0.6 is 0 Å². The Morgan fingerprint density at radius 3 is 0.597 bits per heavy atom. The van der Waals surface area contributed by atoms with Gasteiger partial charge in [-0.3, -0.25) is 0 Å². The Kier molecular flexibility index (Phi) is 34.8. The first-order valence-corrected chi connectivity index (χ1v) is 28.8. The Bertz CT molecular complexity index is 1220. The number of fused-ring (bicyclic) bond motifs is 5. The van der Waals surface area contributed by atoms with Gasteiger partial charge in [-0.05, 0) is 282 Å². The van der Waals surface area contributed by atoms with E-state index in [1.54, 1.807) is 64.2 Å². The summed E-state index contributed by atoms with van der Waals surface area (Å²) in [6, 6.07) is 0. The van der Waals surface area contributed by atoms with E-state index in [-0.39, 0.29) is 74.3 Å². The SMILES string of the molecule is C.C.C.C.C.C.C.C.C.C.CC(C)CC12CC(CC(C)C)(C1)C2.CC(C)CC12CC3CC(C1)CC(CC(C)C)(C3)C2.CC(C)CC12CCC(CC(C)C)(CC1)C2.CC(C)CC12CCC(CC(C)C)(CC1)CC2. The second-order valence-corrected chi connectivity index (χ2v) is 31.0. The van der Waals surface area contributed by atoms with Crippen molar-refractivity contribution >= 4 is 0 Å². The van der Waals surface area contributed by atoms with Gasteiger partial charge in [-0.1, -0.05) is 185 Å². The predicted molar refractivity (Wildman–Crippen MR) is 342 cm³/mol. The molecule has 0 heterocycles. The van der Waals surface area contributed by atoms with Gasteiger partial charge in [0, 0.05) is 0 Å². The summed E-state index contributed by atoms with van der Waals surface area (Å²) in [5.74, 6) is 9.43. The van der Waals surface area contributed by atoms with E-state index in [2.05, 4.69) is 111 Å². The molecule has 0 N–H and O–H groups in total. The van der Waals surface area contributed by atoms with Crippen molar-refractivity contribution in [1.29, 1.82) is 0 Å². The highest BCUT2D eigenvalue weighted by molar-refractivity contribution is 5.17. The van der Waals surface area contributed by atoms with Crippen molar-refractivity contribution in [3.8, 4) is 0 Å². The molecule has 10 bridgehead atoms. The van der Waals surface area contributed by atoms with Gasteiger partial charge in [0.05, 0.1) is 0 Å². The zero-order valence-electron chi connectivity index (χ0n) is 45.6. The second-order valence-electron chi connectivity index (χ2n) is 31.0. The first-order valence-electron chi connectivity index (χ1n) is 28.8. The van der Waals surface area contributed by atoms with Gasteiger partial charge in [0.25, 0.3) is 0 Å². The molecule has 0 aromatic heterocycles. The summed E-state index contributed by atoms with van der Waals surface area (Å²) < 4.78 is 0. The lowest BCUT2D eigenvalue weighted by atomic mass is 9.32. The molecule has 12 fully saturated rings. The lowest BCUT2D eigenvalue weighted by Crippen LogP contribution is -2.62. The van der Waals surface area contributed by atoms with Crippen molar-refractivity contribution < 1.29 is 0 Å². The molecule has 0 aliphatic heterocycles. The fourth-order valence-electron chi connectivity index (χ4n) is 20.7. The zero-order chi connectivity index (χ0) is 45.6. The minimum atomic E-state index is 0. The van der Waals surface area contributed by atoms with Crippen molar-refractivity contribution in [2.45, 2.75) is 365 Å². The summed E-state index contributed by atoms with van der Waals surface area (Å²) in [6.07, 6.45) is 43.1. The van der Waals surface area contributed by atoms with Crippen LogP contribution in [-0.4, -0.2) is 0 Å². The van der Waals surface area contributed by atoms with Gasteiger partial charge >= 0.3 is 0 Å². The smallest absolute Gasteiger partial charge is 0.0279 e. The summed E-state index contributed by atoms with van der Waals surface area (Å²) in [5, 5.41) is 0. The Morgan fingerprint density at radius 2 is 0.375 bits per heavy atom. The number of hydrogen-bond donors (Lipinski definition) is 0.